The minimum absolute atomic E-state index is 0.263. The van der Waals surface area contributed by atoms with E-state index in [-0.39, 0.29) is 12.2 Å². The highest BCUT2D eigenvalue weighted by molar-refractivity contribution is 5.19. The number of tetrazole rings is 1. The Kier molecular flexibility index (Phi) is 2.91. The van der Waals surface area contributed by atoms with Crippen LogP contribution in [0.25, 0.3) is 0 Å². The molecule has 1 aromatic carbocycles. The van der Waals surface area contributed by atoms with Gasteiger partial charge < -0.3 is 5.11 Å². The van der Waals surface area contributed by atoms with Crippen LogP contribution in [0.1, 0.15) is 17.5 Å². The summed E-state index contributed by atoms with van der Waals surface area (Å²) in [5, 5.41) is 21.2. The lowest BCUT2D eigenvalue weighted by Gasteiger charge is -2.07. The van der Waals surface area contributed by atoms with Crippen LogP contribution in [-0.4, -0.2) is 25.3 Å². The summed E-state index contributed by atoms with van der Waals surface area (Å²) < 4.78 is 12.7. The van der Waals surface area contributed by atoms with Gasteiger partial charge in [0.2, 0.25) is 0 Å². The molecule has 84 valence electrons. The maximum atomic E-state index is 12.7. The molecule has 5 nitrogen and oxygen atoms in total. The summed E-state index contributed by atoms with van der Waals surface area (Å²) in [6, 6.07) is 5.69. The number of hydrogen-bond acceptors (Lipinski definition) is 4. The first kappa shape index (κ1) is 10.7. The molecule has 0 radical (unpaired) electrons. The molecule has 0 amide bonds. The summed E-state index contributed by atoms with van der Waals surface area (Å²) in [6.07, 6.45) is -0.482. The van der Waals surface area contributed by atoms with Crippen LogP contribution in [0.5, 0.6) is 0 Å². The van der Waals surface area contributed by atoms with Crippen molar-refractivity contribution in [3.63, 3.8) is 0 Å². The van der Waals surface area contributed by atoms with Gasteiger partial charge in [0.1, 0.15) is 5.82 Å². The number of hydrogen-bond donors (Lipinski definition) is 1. The summed E-state index contributed by atoms with van der Waals surface area (Å²) in [4.78, 5) is 1.33. The Bertz CT molecular complexity index is 468. The van der Waals surface area contributed by atoms with Gasteiger partial charge in [0.25, 0.3) is 0 Å². The predicted molar refractivity (Wildman–Crippen MR) is 53.9 cm³/mol. The highest BCUT2D eigenvalue weighted by Gasteiger charge is 2.11. The summed E-state index contributed by atoms with van der Waals surface area (Å²) in [6.45, 7) is 0. The largest absolute Gasteiger partial charge is 0.388 e. The van der Waals surface area contributed by atoms with Crippen molar-refractivity contribution in [1.82, 2.24) is 20.2 Å². The lowest BCUT2D eigenvalue weighted by Crippen LogP contribution is -2.04. The topological polar surface area (TPSA) is 63.8 Å². The SMILES string of the molecule is Cn1nnc(CC(O)c2ccc(F)cc2)n1. The molecule has 1 aromatic heterocycles. The molecule has 0 spiro atoms. The van der Waals surface area contributed by atoms with Gasteiger partial charge >= 0.3 is 0 Å². The van der Waals surface area contributed by atoms with Crippen molar-refractivity contribution in [3.8, 4) is 0 Å². The summed E-state index contributed by atoms with van der Waals surface area (Å²) in [7, 11) is 1.65. The number of nitrogens with zero attached hydrogens (tertiary/aromatic N) is 4. The normalized spacial score (nSPS) is 12.7. The zero-order chi connectivity index (χ0) is 11.5. The van der Waals surface area contributed by atoms with E-state index in [1.165, 1.54) is 29.1 Å². The zero-order valence-corrected chi connectivity index (χ0v) is 8.71. The Hall–Kier alpha value is -1.82. The van der Waals surface area contributed by atoms with E-state index in [4.69, 9.17) is 0 Å². The highest BCUT2D eigenvalue weighted by atomic mass is 19.1. The summed E-state index contributed by atoms with van der Waals surface area (Å²) in [5.74, 6) is 0.132. The van der Waals surface area contributed by atoms with Gasteiger partial charge in [0, 0.05) is 6.42 Å². The van der Waals surface area contributed by atoms with Gasteiger partial charge in [-0.15, -0.1) is 10.2 Å². The third kappa shape index (κ3) is 2.40. The quantitative estimate of drug-likeness (QED) is 0.827. The van der Waals surface area contributed by atoms with Crippen LogP contribution in [0, 0.1) is 5.82 Å². The van der Waals surface area contributed by atoms with Crippen molar-refractivity contribution < 1.29 is 9.50 Å². The fraction of sp³-hybridized carbons (Fsp3) is 0.300. The lowest BCUT2D eigenvalue weighted by atomic mass is 10.1. The van der Waals surface area contributed by atoms with Crippen LogP contribution in [0.4, 0.5) is 4.39 Å². The molecular weight excluding hydrogens is 211 g/mol. The predicted octanol–water partition coefficient (Wildman–Crippen LogP) is 0.625. The van der Waals surface area contributed by atoms with Crippen LogP contribution >= 0.6 is 0 Å². The van der Waals surface area contributed by atoms with Gasteiger partial charge in [-0.2, -0.15) is 4.80 Å². The molecule has 0 saturated heterocycles. The second kappa shape index (κ2) is 4.36. The molecule has 0 fully saturated rings. The van der Waals surface area contributed by atoms with Gasteiger partial charge in [0.15, 0.2) is 5.82 Å². The Morgan fingerprint density at radius 3 is 2.62 bits per heavy atom. The van der Waals surface area contributed by atoms with Gasteiger partial charge in [-0.3, -0.25) is 0 Å². The minimum Gasteiger partial charge on any atom is -0.388 e. The molecular formula is C10H11FN4O. The maximum absolute atomic E-state index is 12.7. The van der Waals surface area contributed by atoms with Gasteiger partial charge in [0.05, 0.1) is 13.2 Å². The molecule has 1 atom stereocenters. The van der Waals surface area contributed by atoms with Crippen LogP contribution in [0.3, 0.4) is 0 Å². The molecule has 1 N–H and O–H groups in total. The van der Waals surface area contributed by atoms with Crippen LogP contribution < -0.4 is 0 Å². The van der Waals surface area contributed by atoms with Crippen molar-refractivity contribution in [2.75, 3.05) is 0 Å². The maximum Gasteiger partial charge on any atom is 0.177 e. The van der Waals surface area contributed by atoms with E-state index >= 15 is 0 Å². The molecule has 0 aliphatic rings. The Balaban J connectivity index is 2.08. The number of benzene rings is 1. The molecule has 0 aliphatic carbocycles. The highest BCUT2D eigenvalue weighted by Crippen LogP contribution is 2.16. The van der Waals surface area contributed by atoms with E-state index in [2.05, 4.69) is 15.4 Å². The zero-order valence-electron chi connectivity index (χ0n) is 8.71. The average Bonchev–Trinajstić information content (AvgIpc) is 2.65. The second-order valence-corrected chi connectivity index (χ2v) is 3.47. The Labute approximate surface area is 91.5 Å². The van der Waals surface area contributed by atoms with Gasteiger partial charge in [-0.05, 0) is 22.9 Å². The van der Waals surface area contributed by atoms with Crippen molar-refractivity contribution >= 4 is 0 Å². The van der Waals surface area contributed by atoms with Gasteiger partial charge in [-0.25, -0.2) is 4.39 Å². The number of aromatic nitrogens is 4. The first-order valence-corrected chi connectivity index (χ1v) is 4.81. The van der Waals surface area contributed by atoms with Crippen molar-refractivity contribution in [1.29, 1.82) is 0 Å². The standard InChI is InChI=1S/C10H11FN4O/c1-15-13-10(12-14-15)6-9(16)7-2-4-8(11)5-3-7/h2-5,9,16H,6H2,1H3. The number of rotatable bonds is 3. The van der Waals surface area contributed by atoms with Crippen molar-refractivity contribution in [2.24, 2.45) is 7.05 Å². The summed E-state index contributed by atoms with van der Waals surface area (Å²) in [5.41, 5.74) is 0.633. The molecule has 1 heterocycles. The molecule has 16 heavy (non-hydrogen) atoms. The molecule has 2 aromatic rings. The molecule has 0 bridgehead atoms. The third-order valence-electron chi connectivity index (χ3n) is 2.18. The van der Waals surface area contributed by atoms with Crippen LogP contribution in [0.15, 0.2) is 24.3 Å². The third-order valence-corrected chi connectivity index (χ3v) is 2.18. The number of aryl methyl sites for hydroxylation is 1. The van der Waals surface area contributed by atoms with Crippen LogP contribution in [0.2, 0.25) is 0 Å². The Morgan fingerprint density at radius 1 is 1.38 bits per heavy atom. The van der Waals surface area contributed by atoms with Crippen molar-refractivity contribution in [2.45, 2.75) is 12.5 Å². The number of aliphatic hydroxyl groups is 1. The van der Waals surface area contributed by atoms with E-state index in [0.717, 1.165) is 0 Å². The summed E-state index contributed by atoms with van der Waals surface area (Å²) >= 11 is 0. The molecule has 6 heteroatoms. The molecule has 0 aliphatic heterocycles. The van der Waals surface area contributed by atoms with E-state index in [0.29, 0.717) is 11.4 Å². The first-order valence-electron chi connectivity index (χ1n) is 4.81. The van der Waals surface area contributed by atoms with Crippen molar-refractivity contribution in [3.05, 3.63) is 41.5 Å². The fourth-order valence-corrected chi connectivity index (χ4v) is 1.38. The molecule has 0 saturated carbocycles. The van der Waals surface area contributed by atoms with Gasteiger partial charge in [-0.1, -0.05) is 12.1 Å². The van der Waals surface area contributed by atoms with E-state index in [9.17, 15) is 9.50 Å². The Morgan fingerprint density at radius 2 is 2.06 bits per heavy atom. The molecule has 1 unspecified atom stereocenters. The molecule has 2 rings (SSSR count). The fourth-order valence-electron chi connectivity index (χ4n) is 1.38. The second-order valence-electron chi connectivity index (χ2n) is 3.47. The average molecular weight is 222 g/mol. The lowest BCUT2D eigenvalue weighted by molar-refractivity contribution is 0.175. The van der Waals surface area contributed by atoms with Crippen LogP contribution in [-0.2, 0) is 13.5 Å². The number of aliphatic hydroxyl groups excluding tert-OH is 1. The van der Waals surface area contributed by atoms with E-state index < -0.39 is 6.10 Å². The minimum atomic E-state index is -0.746. The smallest absolute Gasteiger partial charge is 0.177 e. The van der Waals surface area contributed by atoms with E-state index in [1.807, 2.05) is 0 Å². The first-order chi connectivity index (χ1) is 7.65. The number of halogens is 1. The van der Waals surface area contributed by atoms with E-state index in [1.54, 1.807) is 7.05 Å². The monoisotopic (exact) mass is 222 g/mol.